The molecular formula is C12H22N2O2. The van der Waals surface area contributed by atoms with E-state index in [1.54, 1.807) is 0 Å². The average molecular weight is 226 g/mol. The Morgan fingerprint density at radius 1 is 1.31 bits per heavy atom. The highest BCUT2D eigenvalue weighted by Crippen LogP contribution is 2.29. The Labute approximate surface area is 97.0 Å². The lowest BCUT2D eigenvalue weighted by Crippen LogP contribution is -2.45. The van der Waals surface area contributed by atoms with Gasteiger partial charge in [0.25, 0.3) is 0 Å². The molecule has 0 bridgehead atoms. The van der Waals surface area contributed by atoms with Gasteiger partial charge in [-0.3, -0.25) is 9.59 Å². The Morgan fingerprint density at radius 2 is 2.00 bits per heavy atom. The fourth-order valence-corrected chi connectivity index (χ4v) is 1.70. The van der Waals surface area contributed by atoms with Gasteiger partial charge in [-0.1, -0.05) is 32.6 Å². The maximum Gasteiger partial charge on any atom is 0.239 e. The van der Waals surface area contributed by atoms with Crippen LogP contribution in [-0.2, 0) is 9.59 Å². The van der Waals surface area contributed by atoms with Crippen molar-refractivity contribution in [2.75, 3.05) is 0 Å². The summed E-state index contributed by atoms with van der Waals surface area (Å²) < 4.78 is 0. The van der Waals surface area contributed by atoms with Crippen molar-refractivity contribution in [2.45, 2.75) is 57.9 Å². The van der Waals surface area contributed by atoms with Gasteiger partial charge in [-0.25, -0.2) is 0 Å². The number of carbonyl (C=O) groups excluding carboxylic acids is 2. The molecule has 1 atom stereocenters. The zero-order valence-corrected chi connectivity index (χ0v) is 10.00. The van der Waals surface area contributed by atoms with E-state index in [1.807, 2.05) is 0 Å². The normalized spacial score (nSPS) is 16.8. The zero-order valence-electron chi connectivity index (χ0n) is 10.00. The number of nitrogens with two attached hydrogens (primary N) is 1. The number of carbonyl (C=O) groups is 2. The number of hydrogen-bond acceptors (Lipinski definition) is 2. The van der Waals surface area contributed by atoms with Gasteiger partial charge in [0.2, 0.25) is 11.8 Å². The Balaban J connectivity index is 2.23. The van der Waals surface area contributed by atoms with Crippen molar-refractivity contribution in [1.29, 1.82) is 0 Å². The van der Waals surface area contributed by atoms with Crippen LogP contribution in [0.2, 0.25) is 0 Å². The van der Waals surface area contributed by atoms with Gasteiger partial charge in [-0.05, 0) is 19.3 Å². The number of hydrogen-bond donors (Lipinski definition) is 2. The molecule has 2 amide bonds. The molecule has 0 aromatic carbocycles. The summed E-state index contributed by atoms with van der Waals surface area (Å²) in [5.41, 5.74) is 5.27. The van der Waals surface area contributed by atoms with Crippen molar-refractivity contribution in [3.05, 3.63) is 0 Å². The topological polar surface area (TPSA) is 72.2 Å². The average Bonchev–Trinajstić information content (AvgIpc) is 3.05. The number of nitrogens with one attached hydrogen (secondary N) is 1. The highest BCUT2D eigenvalue weighted by Gasteiger charge is 2.31. The first-order chi connectivity index (χ1) is 7.65. The molecule has 0 aliphatic heterocycles. The number of primary amides is 1. The standard InChI is InChI=1S/C12H22N2O2/c1-2-3-4-5-6-10(11(13)15)14-12(16)9-7-8-9/h9-10H,2-8H2,1H3,(H2,13,15)(H,14,16)/t10-/m1/s1. The molecule has 0 spiro atoms. The van der Waals surface area contributed by atoms with Crippen LogP contribution < -0.4 is 11.1 Å². The summed E-state index contributed by atoms with van der Waals surface area (Å²) in [5.74, 6) is -0.276. The first kappa shape index (κ1) is 13.0. The molecule has 0 saturated heterocycles. The van der Waals surface area contributed by atoms with E-state index in [0.717, 1.165) is 32.1 Å². The summed E-state index contributed by atoms with van der Waals surface area (Å²) >= 11 is 0. The maximum absolute atomic E-state index is 11.5. The van der Waals surface area contributed by atoms with Crippen molar-refractivity contribution in [3.8, 4) is 0 Å². The molecule has 1 fully saturated rings. The van der Waals surface area contributed by atoms with Crippen LogP contribution >= 0.6 is 0 Å². The third-order valence-corrected chi connectivity index (χ3v) is 2.95. The lowest BCUT2D eigenvalue weighted by atomic mass is 10.1. The van der Waals surface area contributed by atoms with Gasteiger partial charge in [0, 0.05) is 5.92 Å². The van der Waals surface area contributed by atoms with Crippen LogP contribution in [0.5, 0.6) is 0 Å². The summed E-state index contributed by atoms with van der Waals surface area (Å²) in [5, 5.41) is 2.74. The minimum absolute atomic E-state index is 0.000656. The molecule has 3 N–H and O–H groups in total. The molecule has 1 aliphatic rings. The molecular weight excluding hydrogens is 204 g/mol. The molecule has 1 rings (SSSR count). The molecule has 1 saturated carbocycles. The lowest BCUT2D eigenvalue weighted by Gasteiger charge is -2.15. The lowest BCUT2D eigenvalue weighted by molar-refractivity contribution is -0.128. The first-order valence-electron chi connectivity index (χ1n) is 6.24. The van der Waals surface area contributed by atoms with Crippen LogP contribution in [0.1, 0.15) is 51.9 Å². The monoisotopic (exact) mass is 226 g/mol. The van der Waals surface area contributed by atoms with Crippen LogP contribution in [0.25, 0.3) is 0 Å². The van der Waals surface area contributed by atoms with Crippen LogP contribution in [0.4, 0.5) is 0 Å². The molecule has 1 aliphatic carbocycles. The summed E-state index contributed by atoms with van der Waals surface area (Å²) in [7, 11) is 0. The molecule has 92 valence electrons. The molecule has 4 nitrogen and oxygen atoms in total. The van der Waals surface area contributed by atoms with E-state index in [9.17, 15) is 9.59 Å². The SMILES string of the molecule is CCCCCC[C@@H](NC(=O)C1CC1)C(N)=O. The highest BCUT2D eigenvalue weighted by molar-refractivity contribution is 5.88. The Bertz CT molecular complexity index is 249. The molecule has 0 heterocycles. The molecule has 0 aromatic rings. The molecule has 16 heavy (non-hydrogen) atoms. The molecule has 0 unspecified atom stereocenters. The van der Waals surface area contributed by atoms with Crippen molar-refractivity contribution in [1.82, 2.24) is 5.32 Å². The van der Waals surface area contributed by atoms with Gasteiger partial charge in [-0.15, -0.1) is 0 Å². The molecule has 0 aromatic heterocycles. The second-order valence-corrected chi connectivity index (χ2v) is 4.59. The predicted molar refractivity (Wildman–Crippen MR) is 62.6 cm³/mol. The Kier molecular flexibility index (Phi) is 5.29. The molecule has 0 radical (unpaired) electrons. The van der Waals surface area contributed by atoms with E-state index in [1.165, 1.54) is 6.42 Å². The smallest absolute Gasteiger partial charge is 0.239 e. The van der Waals surface area contributed by atoms with Gasteiger partial charge in [-0.2, -0.15) is 0 Å². The third kappa shape index (κ3) is 4.64. The van der Waals surface area contributed by atoms with E-state index < -0.39 is 11.9 Å². The zero-order chi connectivity index (χ0) is 12.0. The van der Waals surface area contributed by atoms with Gasteiger partial charge >= 0.3 is 0 Å². The van der Waals surface area contributed by atoms with Crippen LogP contribution in [0, 0.1) is 5.92 Å². The van der Waals surface area contributed by atoms with Crippen LogP contribution in [0.15, 0.2) is 0 Å². The second-order valence-electron chi connectivity index (χ2n) is 4.59. The highest BCUT2D eigenvalue weighted by atomic mass is 16.2. The van der Waals surface area contributed by atoms with Crippen LogP contribution in [-0.4, -0.2) is 17.9 Å². The largest absolute Gasteiger partial charge is 0.368 e. The Hall–Kier alpha value is -1.06. The minimum Gasteiger partial charge on any atom is -0.368 e. The quantitative estimate of drug-likeness (QED) is 0.613. The van der Waals surface area contributed by atoms with E-state index >= 15 is 0 Å². The Morgan fingerprint density at radius 3 is 2.50 bits per heavy atom. The molecule has 4 heteroatoms. The van der Waals surface area contributed by atoms with Crippen molar-refractivity contribution in [3.63, 3.8) is 0 Å². The summed E-state index contributed by atoms with van der Waals surface area (Å²) in [4.78, 5) is 22.6. The summed E-state index contributed by atoms with van der Waals surface area (Å²) in [6.07, 6.45) is 6.96. The summed E-state index contributed by atoms with van der Waals surface area (Å²) in [6.45, 7) is 2.14. The number of rotatable bonds is 8. The maximum atomic E-state index is 11.5. The van der Waals surface area contributed by atoms with Gasteiger partial charge in [0.05, 0.1) is 0 Å². The fraction of sp³-hybridized carbons (Fsp3) is 0.833. The van der Waals surface area contributed by atoms with Crippen molar-refractivity contribution >= 4 is 11.8 Å². The van der Waals surface area contributed by atoms with E-state index in [4.69, 9.17) is 5.73 Å². The third-order valence-electron chi connectivity index (χ3n) is 2.95. The minimum atomic E-state index is -0.468. The van der Waals surface area contributed by atoms with Gasteiger partial charge < -0.3 is 11.1 Å². The first-order valence-corrected chi connectivity index (χ1v) is 6.24. The van der Waals surface area contributed by atoms with E-state index in [2.05, 4.69) is 12.2 Å². The van der Waals surface area contributed by atoms with Gasteiger partial charge in [0.15, 0.2) is 0 Å². The number of unbranched alkanes of at least 4 members (excludes halogenated alkanes) is 3. The summed E-state index contributed by atoms with van der Waals surface area (Å²) in [6, 6.07) is -0.468. The van der Waals surface area contributed by atoms with E-state index in [0.29, 0.717) is 6.42 Å². The van der Waals surface area contributed by atoms with E-state index in [-0.39, 0.29) is 11.8 Å². The second kappa shape index (κ2) is 6.51. The number of amides is 2. The van der Waals surface area contributed by atoms with Crippen LogP contribution in [0.3, 0.4) is 0 Å². The van der Waals surface area contributed by atoms with Gasteiger partial charge in [0.1, 0.15) is 6.04 Å². The fourth-order valence-electron chi connectivity index (χ4n) is 1.70. The van der Waals surface area contributed by atoms with Crippen molar-refractivity contribution in [2.24, 2.45) is 11.7 Å². The predicted octanol–water partition coefficient (Wildman–Crippen LogP) is 1.34. The van der Waals surface area contributed by atoms with Crippen molar-refractivity contribution < 1.29 is 9.59 Å².